The van der Waals surface area contributed by atoms with Crippen molar-refractivity contribution >= 4 is 27.7 Å². The summed E-state index contributed by atoms with van der Waals surface area (Å²) in [5.74, 6) is 0.301. The van der Waals surface area contributed by atoms with E-state index < -0.39 is 0 Å². The van der Waals surface area contributed by atoms with Gasteiger partial charge in [0.15, 0.2) is 0 Å². The third-order valence-electron chi connectivity index (χ3n) is 3.48. The van der Waals surface area contributed by atoms with Crippen LogP contribution in [0, 0.1) is 0 Å². The quantitative estimate of drug-likeness (QED) is 0.933. The number of pyridine rings is 1. The number of rotatable bonds is 3. The van der Waals surface area contributed by atoms with Crippen LogP contribution in [0.2, 0.25) is 0 Å². The van der Waals surface area contributed by atoms with Crippen LogP contribution < -0.4 is 5.73 Å². The Hall–Kier alpha value is -1.10. The molecule has 1 fully saturated rings. The van der Waals surface area contributed by atoms with Crippen LogP contribution in [0.15, 0.2) is 16.7 Å². The predicted octanol–water partition coefficient (Wildman–Crippen LogP) is 2.83. The van der Waals surface area contributed by atoms with Crippen LogP contribution in [-0.2, 0) is 0 Å². The van der Waals surface area contributed by atoms with Gasteiger partial charge in [-0.2, -0.15) is 0 Å². The highest BCUT2D eigenvalue weighted by molar-refractivity contribution is 9.10. The van der Waals surface area contributed by atoms with E-state index in [-0.39, 0.29) is 5.91 Å². The number of nitrogens with zero attached hydrogens (tertiary/aromatic N) is 2. The van der Waals surface area contributed by atoms with Gasteiger partial charge in [-0.15, -0.1) is 0 Å². The molecule has 98 valence electrons. The van der Waals surface area contributed by atoms with Crippen molar-refractivity contribution in [3.63, 3.8) is 0 Å². The Balaban J connectivity index is 2.25. The molecule has 1 saturated carbocycles. The van der Waals surface area contributed by atoms with Crippen LogP contribution in [0.5, 0.6) is 0 Å². The fourth-order valence-corrected chi connectivity index (χ4v) is 2.89. The van der Waals surface area contributed by atoms with Crippen molar-refractivity contribution in [2.45, 2.75) is 38.6 Å². The number of hydrogen-bond donors (Lipinski definition) is 1. The minimum atomic E-state index is -0.00398. The van der Waals surface area contributed by atoms with Gasteiger partial charge in [0.2, 0.25) is 0 Å². The molecule has 0 radical (unpaired) electrons. The molecule has 18 heavy (non-hydrogen) atoms. The van der Waals surface area contributed by atoms with E-state index in [1.807, 2.05) is 11.8 Å². The molecule has 1 aromatic rings. The van der Waals surface area contributed by atoms with Crippen LogP contribution in [0.25, 0.3) is 0 Å². The van der Waals surface area contributed by atoms with Crippen LogP contribution in [0.1, 0.15) is 43.0 Å². The van der Waals surface area contributed by atoms with E-state index in [0.717, 1.165) is 23.9 Å². The zero-order valence-electron chi connectivity index (χ0n) is 10.5. The van der Waals surface area contributed by atoms with Crippen LogP contribution >= 0.6 is 15.9 Å². The minimum absolute atomic E-state index is 0.00398. The summed E-state index contributed by atoms with van der Waals surface area (Å²) in [5.41, 5.74) is 6.30. The van der Waals surface area contributed by atoms with Gasteiger partial charge in [0, 0.05) is 23.3 Å². The molecule has 2 rings (SSSR count). The molecule has 0 spiro atoms. The number of carbonyl (C=O) groups excluding carboxylic acids is 1. The molecule has 1 aliphatic carbocycles. The molecule has 0 bridgehead atoms. The molecule has 1 aromatic heterocycles. The maximum atomic E-state index is 12.5. The van der Waals surface area contributed by atoms with Crippen LogP contribution in [0.4, 0.5) is 5.82 Å². The molecule has 4 nitrogen and oxygen atoms in total. The number of hydrogen-bond acceptors (Lipinski definition) is 3. The van der Waals surface area contributed by atoms with E-state index in [4.69, 9.17) is 5.73 Å². The Morgan fingerprint density at radius 1 is 1.56 bits per heavy atom. The maximum Gasteiger partial charge on any atom is 0.257 e. The van der Waals surface area contributed by atoms with Crippen molar-refractivity contribution in [3.8, 4) is 0 Å². The highest BCUT2D eigenvalue weighted by Gasteiger charge is 2.27. The lowest BCUT2D eigenvalue weighted by Gasteiger charge is -2.28. The minimum Gasteiger partial charge on any atom is -0.383 e. The first-order valence-electron chi connectivity index (χ1n) is 6.35. The predicted molar refractivity (Wildman–Crippen MR) is 75.3 cm³/mol. The van der Waals surface area contributed by atoms with Gasteiger partial charge in [-0.3, -0.25) is 4.79 Å². The van der Waals surface area contributed by atoms with Crippen molar-refractivity contribution in [1.29, 1.82) is 0 Å². The third kappa shape index (κ3) is 2.66. The average Bonchev–Trinajstić information content (AvgIpc) is 2.87. The van der Waals surface area contributed by atoms with Gasteiger partial charge in [-0.05, 0) is 41.8 Å². The second kappa shape index (κ2) is 5.69. The lowest BCUT2D eigenvalue weighted by molar-refractivity contribution is 0.0694. The summed E-state index contributed by atoms with van der Waals surface area (Å²) in [4.78, 5) is 18.5. The molecule has 0 aliphatic heterocycles. The van der Waals surface area contributed by atoms with Crippen LogP contribution in [0.3, 0.4) is 0 Å². The molecule has 5 heteroatoms. The molecule has 0 aromatic carbocycles. The molecule has 2 N–H and O–H groups in total. The first-order chi connectivity index (χ1) is 8.63. The van der Waals surface area contributed by atoms with E-state index >= 15 is 0 Å². The maximum absolute atomic E-state index is 12.5. The SMILES string of the molecule is CCN(C(=O)c1cc(Br)cnc1N)C1CCCC1. The van der Waals surface area contributed by atoms with E-state index in [9.17, 15) is 4.79 Å². The first-order valence-corrected chi connectivity index (χ1v) is 7.14. The Morgan fingerprint density at radius 2 is 2.22 bits per heavy atom. The second-order valence-corrected chi connectivity index (χ2v) is 5.53. The molecule has 0 unspecified atom stereocenters. The summed E-state index contributed by atoms with van der Waals surface area (Å²) < 4.78 is 0.780. The average molecular weight is 312 g/mol. The summed E-state index contributed by atoms with van der Waals surface area (Å²) in [6.07, 6.45) is 6.22. The summed E-state index contributed by atoms with van der Waals surface area (Å²) in [5, 5.41) is 0. The van der Waals surface area contributed by atoms with Crippen molar-refractivity contribution in [3.05, 3.63) is 22.3 Å². The zero-order chi connectivity index (χ0) is 13.1. The highest BCUT2D eigenvalue weighted by atomic mass is 79.9. The van der Waals surface area contributed by atoms with Crippen molar-refractivity contribution in [2.75, 3.05) is 12.3 Å². The van der Waals surface area contributed by atoms with Crippen LogP contribution in [-0.4, -0.2) is 28.4 Å². The first kappa shape index (κ1) is 13.3. The molecule has 1 aliphatic rings. The van der Waals surface area contributed by atoms with Gasteiger partial charge in [-0.1, -0.05) is 12.8 Å². The topological polar surface area (TPSA) is 59.2 Å². The molecule has 1 amide bonds. The van der Waals surface area contributed by atoms with E-state index in [0.29, 0.717) is 17.4 Å². The lowest BCUT2D eigenvalue weighted by atomic mass is 10.1. The third-order valence-corrected chi connectivity index (χ3v) is 3.92. The highest BCUT2D eigenvalue weighted by Crippen LogP contribution is 2.26. The number of halogens is 1. The van der Waals surface area contributed by atoms with E-state index in [1.54, 1.807) is 12.3 Å². The number of carbonyl (C=O) groups is 1. The monoisotopic (exact) mass is 311 g/mol. The molecular weight excluding hydrogens is 294 g/mol. The van der Waals surface area contributed by atoms with E-state index in [2.05, 4.69) is 20.9 Å². The Kier molecular flexibility index (Phi) is 4.22. The summed E-state index contributed by atoms with van der Waals surface area (Å²) in [6, 6.07) is 2.11. The van der Waals surface area contributed by atoms with Gasteiger partial charge >= 0.3 is 0 Å². The molecular formula is C13H18BrN3O. The fourth-order valence-electron chi connectivity index (χ4n) is 2.56. The number of amides is 1. The zero-order valence-corrected chi connectivity index (χ0v) is 12.1. The second-order valence-electron chi connectivity index (χ2n) is 4.62. The summed E-state index contributed by atoms with van der Waals surface area (Å²) in [6.45, 7) is 2.73. The number of nitrogens with two attached hydrogens (primary N) is 1. The Morgan fingerprint density at radius 3 is 2.83 bits per heavy atom. The number of nitrogen functional groups attached to an aromatic ring is 1. The fraction of sp³-hybridized carbons (Fsp3) is 0.538. The van der Waals surface area contributed by atoms with Crippen molar-refractivity contribution < 1.29 is 4.79 Å². The van der Waals surface area contributed by atoms with Gasteiger partial charge in [0.25, 0.3) is 5.91 Å². The lowest BCUT2D eigenvalue weighted by Crippen LogP contribution is -2.39. The molecule has 0 saturated heterocycles. The summed E-state index contributed by atoms with van der Waals surface area (Å²) in [7, 11) is 0. The normalized spacial score (nSPS) is 15.9. The van der Waals surface area contributed by atoms with Gasteiger partial charge in [0.05, 0.1) is 5.56 Å². The largest absolute Gasteiger partial charge is 0.383 e. The molecule has 1 heterocycles. The summed E-state index contributed by atoms with van der Waals surface area (Å²) >= 11 is 3.33. The van der Waals surface area contributed by atoms with Gasteiger partial charge in [0.1, 0.15) is 5.82 Å². The van der Waals surface area contributed by atoms with Crippen molar-refractivity contribution in [2.24, 2.45) is 0 Å². The Labute approximate surface area is 116 Å². The van der Waals surface area contributed by atoms with Gasteiger partial charge < -0.3 is 10.6 Å². The smallest absolute Gasteiger partial charge is 0.257 e. The number of aromatic nitrogens is 1. The van der Waals surface area contributed by atoms with Crippen molar-refractivity contribution in [1.82, 2.24) is 9.88 Å². The van der Waals surface area contributed by atoms with Gasteiger partial charge in [-0.25, -0.2) is 4.98 Å². The van der Waals surface area contributed by atoms with E-state index in [1.165, 1.54) is 12.8 Å². The Bertz CT molecular complexity index is 444. The standard InChI is InChI=1S/C13H18BrN3O/c1-2-17(10-5-3-4-6-10)13(18)11-7-9(14)8-16-12(11)15/h7-8,10H,2-6H2,1H3,(H2,15,16). The molecule has 0 atom stereocenters. The number of anilines is 1.